The third-order valence-corrected chi connectivity index (χ3v) is 2.44. The van der Waals surface area contributed by atoms with E-state index in [9.17, 15) is 4.79 Å². The van der Waals surface area contributed by atoms with E-state index in [2.05, 4.69) is 32.1 Å². The van der Waals surface area contributed by atoms with Crippen LogP contribution in [0.2, 0.25) is 0 Å². The van der Waals surface area contributed by atoms with E-state index in [1.54, 1.807) is 24.7 Å². The summed E-state index contributed by atoms with van der Waals surface area (Å²) in [6, 6.07) is 1.66. The van der Waals surface area contributed by atoms with Gasteiger partial charge >= 0.3 is 0 Å². The van der Waals surface area contributed by atoms with Gasteiger partial charge in [-0.25, -0.2) is 4.98 Å². The molecule has 2 heterocycles. The number of hydrogen-bond acceptors (Lipinski definition) is 4. The number of aromatic nitrogens is 3. The van der Waals surface area contributed by atoms with Crippen molar-refractivity contribution in [3.05, 3.63) is 47.8 Å². The number of aliphatic hydroxyl groups is 1. The van der Waals surface area contributed by atoms with Crippen LogP contribution in [0.1, 0.15) is 28.2 Å². The lowest BCUT2D eigenvalue weighted by Crippen LogP contribution is -2.23. The van der Waals surface area contributed by atoms with Crippen molar-refractivity contribution >= 4 is 5.91 Å². The van der Waals surface area contributed by atoms with Crippen LogP contribution in [0.25, 0.3) is 0 Å². The summed E-state index contributed by atoms with van der Waals surface area (Å²) in [4.78, 5) is 22.8. The fraction of sp³-hybridized carbons (Fsp3) is 0.214. The topological polar surface area (TPSA) is 90.9 Å². The van der Waals surface area contributed by atoms with Crippen LogP contribution in [0, 0.1) is 11.8 Å². The van der Waals surface area contributed by atoms with E-state index in [1.165, 1.54) is 6.20 Å². The summed E-state index contributed by atoms with van der Waals surface area (Å²) in [5.74, 6) is 6.07. The molecule has 0 fully saturated rings. The number of carbonyl (C=O) groups excluding carboxylic acids is 1. The van der Waals surface area contributed by atoms with Crippen LogP contribution in [-0.2, 0) is 6.54 Å². The number of H-pyrrole nitrogens is 1. The highest BCUT2D eigenvalue weighted by Gasteiger charge is 2.06. The highest BCUT2D eigenvalue weighted by Crippen LogP contribution is 2.02. The van der Waals surface area contributed by atoms with Gasteiger partial charge < -0.3 is 15.4 Å². The van der Waals surface area contributed by atoms with Crippen LogP contribution in [0.15, 0.2) is 30.9 Å². The molecular formula is C14H14N4O2. The SMILES string of the molecule is O=C(NCc1ncc[nH]1)c1cncc(C#CCCO)c1. The maximum Gasteiger partial charge on any atom is 0.253 e. The lowest BCUT2D eigenvalue weighted by molar-refractivity contribution is 0.0949. The van der Waals surface area contributed by atoms with Gasteiger partial charge in [0, 0.05) is 36.8 Å². The monoisotopic (exact) mass is 270 g/mol. The fourth-order valence-corrected chi connectivity index (χ4v) is 1.51. The van der Waals surface area contributed by atoms with E-state index in [-0.39, 0.29) is 12.5 Å². The molecule has 20 heavy (non-hydrogen) atoms. The number of nitrogens with one attached hydrogen (secondary N) is 2. The smallest absolute Gasteiger partial charge is 0.253 e. The Labute approximate surface area is 116 Å². The minimum atomic E-state index is -0.236. The predicted octanol–water partition coefficient (Wildman–Crippen LogP) is 0.469. The van der Waals surface area contributed by atoms with E-state index in [0.29, 0.717) is 29.9 Å². The van der Waals surface area contributed by atoms with Gasteiger partial charge in [0.25, 0.3) is 5.91 Å². The standard InChI is InChI=1S/C14H14N4O2/c19-6-2-1-3-11-7-12(9-15-8-11)14(20)18-10-13-16-4-5-17-13/h4-5,7-9,19H,2,6,10H2,(H,16,17)(H,18,20). The largest absolute Gasteiger partial charge is 0.395 e. The minimum Gasteiger partial charge on any atom is -0.395 e. The van der Waals surface area contributed by atoms with Crippen LogP contribution in [0.3, 0.4) is 0 Å². The molecule has 0 spiro atoms. The predicted molar refractivity (Wildman–Crippen MR) is 72.6 cm³/mol. The number of aromatic amines is 1. The Hall–Kier alpha value is -2.65. The van der Waals surface area contributed by atoms with Crippen molar-refractivity contribution in [2.75, 3.05) is 6.61 Å². The average Bonchev–Trinajstić information content (AvgIpc) is 2.99. The van der Waals surface area contributed by atoms with Gasteiger partial charge in [-0.1, -0.05) is 11.8 Å². The van der Waals surface area contributed by atoms with E-state index >= 15 is 0 Å². The average molecular weight is 270 g/mol. The molecule has 0 aromatic carbocycles. The molecule has 0 saturated heterocycles. The molecule has 0 unspecified atom stereocenters. The van der Waals surface area contributed by atoms with Gasteiger partial charge in [-0.15, -0.1) is 0 Å². The van der Waals surface area contributed by atoms with Crippen molar-refractivity contribution in [3.63, 3.8) is 0 Å². The number of rotatable bonds is 4. The molecule has 0 aliphatic rings. The normalized spacial score (nSPS) is 9.65. The molecule has 0 aliphatic carbocycles. The summed E-state index contributed by atoms with van der Waals surface area (Å²) in [5, 5.41) is 11.4. The van der Waals surface area contributed by atoms with E-state index in [4.69, 9.17) is 5.11 Å². The molecule has 2 aromatic heterocycles. The molecule has 2 aromatic rings. The Kier molecular flexibility index (Phi) is 4.87. The quantitative estimate of drug-likeness (QED) is 0.704. The molecule has 3 N–H and O–H groups in total. The molecule has 0 atom stereocenters. The molecule has 2 rings (SSSR count). The Balaban J connectivity index is 1.99. The van der Waals surface area contributed by atoms with Crippen molar-refractivity contribution < 1.29 is 9.90 Å². The van der Waals surface area contributed by atoms with Gasteiger partial charge in [0.1, 0.15) is 5.82 Å². The second-order valence-electron chi connectivity index (χ2n) is 3.96. The van der Waals surface area contributed by atoms with Gasteiger partial charge in [-0.2, -0.15) is 0 Å². The third kappa shape index (κ3) is 3.93. The van der Waals surface area contributed by atoms with E-state index in [0.717, 1.165) is 0 Å². The first kappa shape index (κ1) is 13.8. The maximum atomic E-state index is 11.9. The molecule has 102 valence electrons. The molecule has 6 heteroatoms. The summed E-state index contributed by atoms with van der Waals surface area (Å²) >= 11 is 0. The van der Waals surface area contributed by atoms with Crippen molar-refractivity contribution in [1.82, 2.24) is 20.3 Å². The number of pyridine rings is 1. The van der Waals surface area contributed by atoms with Crippen molar-refractivity contribution in [2.45, 2.75) is 13.0 Å². The molecule has 0 bridgehead atoms. The Bertz CT molecular complexity index is 626. The van der Waals surface area contributed by atoms with Gasteiger partial charge in [-0.3, -0.25) is 9.78 Å². The summed E-state index contributed by atoms with van der Waals surface area (Å²) < 4.78 is 0. The lowest BCUT2D eigenvalue weighted by Gasteiger charge is -2.03. The maximum absolute atomic E-state index is 11.9. The Morgan fingerprint density at radius 3 is 3.10 bits per heavy atom. The van der Waals surface area contributed by atoms with Gasteiger partial charge in [0.2, 0.25) is 0 Å². The van der Waals surface area contributed by atoms with Crippen molar-refractivity contribution in [1.29, 1.82) is 0 Å². The van der Waals surface area contributed by atoms with Crippen molar-refractivity contribution in [2.24, 2.45) is 0 Å². The van der Waals surface area contributed by atoms with Crippen LogP contribution in [-0.4, -0.2) is 32.6 Å². The number of amides is 1. The first-order chi connectivity index (χ1) is 9.79. The fourth-order valence-electron chi connectivity index (χ4n) is 1.51. The summed E-state index contributed by atoms with van der Waals surface area (Å²) in [5.41, 5.74) is 1.08. The van der Waals surface area contributed by atoms with Crippen LogP contribution < -0.4 is 5.32 Å². The first-order valence-corrected chi connectivity index (χ1v) is 6.11. The van der Waals surface area contributed by atoms with E-state index < -0.39 is 0 Å². The first-order valence-electron chi connectivity index (χ1n) is 6.11. The minimum absolute atomic E-state index is 0.0176. The molecule has 0 saturated carbocycles. The van der Waals surface area contributed by atoms with Gasteiger partial charge in [0.15, 0.2) is 0 Å². The zero-order valence-corrected chi connectivity index (χ0v) is 10.8. The van der Waals surface area contributed by atoms with Crippen LogP contribution >= 0.6 is 0 Å². The Morgan fingerprint density at radius 2 is 2.35 bits per heavy atom. The number of aliphatic hydroxyl groups excluding tert-OH is 1. The second kappa shape index (κ2) is 7.07. The van der Waals surface area contributed by atoms with Gasteiger partial charge in [-0.05, 0) is 6.07 Å². The highest BCUT2D eigenvalue weighted by molar-refractivity contribution is 5.94. The zero-order valence-electron chi connectivity index (χ0n) is 10.8. The molecule has 0 aliphatic heterocycles. The molecule has 0 radical (unpaired) electrons. The number of carbonyl (C=O) groups is 1. The number of nitrogens with zero attached hydrogens (tertiary/aromatic N) is 2. The summed E-state index contributed by atoms with van der Waals surface area (Å²) in [6.45, 7) is 0.343. The van der Waals surface area contributed by atoms with Crippen molar-refractivity contribution in [3.8, 4) is 11.8 Å². The molecule has 1 amide bonds. The molecular weight excluding hydrogens is 256 g/mol. The van der Waals surface area contributed by atoms with Gasteiger partial charge in [0.05, 0.1) is 18.7 Å². The third-order valence-electron chi connectivity index (χ3n) is 2.44. The summed E-state index contributed by atoms with van der Waals surface area (Å²) in [7, 11) is 0. The summed E-state index contributed by atoms with van der Waals surface area (Å²) in [6.07, 6.45) is 6.78. The number of hydrogen-bond donors (Lipinski definition) is 3. The lowest BCUT2D eigenvalue weighted by atomic mass is 10.2. The highest BCUT2D eigenvalue weighted by atomic mass is 16.2. The van der Waals surface area contributed by atoms with E-state index in [1.807, 2.05) is 0 Å². The molecule has 6 nitrogen and oxygen atoms in total. The second-order valence-corrected chi connectivity index (χ2v) is 3.96. The van der Waals surface area contributed by atoms with Crippen LogP contribution in [0.5, 0.6) is 0 Å². The Morgan fingerprint density at radius 1 is 1.45 bits per heavy atom. The number of imidazole rings is 1. The zero-order chi connectivity index (χ0) is 14.2. The van der Waals surface area contributed by atoms with Crippen LogP contribution in [0.4, 0.5) is 0 Å².